The monoisotopic (exact) mass is 575 g/mol. The van der Waals surface area contributed by atoms with Crippen molar-refractivity contribution < 1.29 is 19.8 Å². The molecular formula is C30H33N5O5S. The van der Waals surface area contributed by atoms with Crippen molar-refractivity contribution in [2.45, 2.75) is 44.2 Å². The first-order chi connectivity index (χ1) is 19.7. The third kappa shape index (κ3) is 5.27. The number of hydrogen-bond donors (Lipinski definition) is 2. The predicted molar refractivity (Wildman–Crippen MR) is 156 cm³/mol. The van der Waals surface area contributed by atoms with Crippen LogP contribution in [0.15, 0.2) is 65.8 Å². The van der Waals surface area contributed by atoms with Gasteiger partial charge in [-0.05, 0) is 49.9 Å². The van der Waals surface area contributed by atoms with Crippen molar-refractivity contribution in [1.82, 2.24) is 23.9 Å². The molecule has 2 saturated heterocycles. The number of carbonyl (C=O) groups is 2. The lowest BCUT2D eigenvalue weighted by molar-refractivity contribution is -0.142. The van der Waals surface area contributed by atoms with Gasteiger partial charge in [0.25, 0.3) is 5.56 Å². The lowest BCUT2D eigenvalue weighted by Crippen LogP contribution is -2.53. The van der Waals surface area contributed by atoms with E-state index in [-0.39, 0.29) is 36.4 Å². The Morgan fingerprint density at radius 2 is 1.80 bits per heavy atom. The number of nitrogens with zero attached hydrogens (tertiary/aromatic N) is 5. The Balaban J connectivity index is 1.15. The molecule has 0 saturated carbocycles. The Hall–Kier alpha value is -3.96. The Bertz CT molecular complexity index is 1640. The standard InChI is InChI=1S/C30H33N5O5S/c1-20-7-8-25(41-20)35-14-10-23-26(35)31-19-34(28(23)37)18-30(40)11-15-32(16-12-30)27(36)22-9-13-33(29(38)39)17-24(22)21-5-3-2-4-6-21/h2-8,10,14,19,22,24,40H,9,11-13,15-18H2,1H3,(H,38,39)/t22-,24+/m1/s1. The van der Waals surface area contributed by atoms with Gasteiger partial charge in [-0.3, -0.25) is 18.7 Å². The number of carboxylic acid groups (broad SMARTS) is 1. The summed E-state index contributed by atoms with van der Waals surface area (Å²) >= 11 is 1.62. The van der Waals surface area contributed by atoms with E-state index in [0.29, 0.717) is 49.9 Å². The molecule has 41 heavy (non-hydrogen) atoms. The van der Waals surface area contributed by atoms with E-state index in [1.807, 2.05) is 60.2 Å². The fourth-order valence-corrected chi connectivity index (χ4v) is 7.06. The molecule has 2 aliphatic rings. The number of benzene rings is 1. The molecule has 10 nitrogen and oxygen atoms in total. The second kappa shape index (κ2) is 10.8. The maximum Gasteiger partial charge on any atom is 0.407 e. The van der Waals surface area contributed by atoms with E-state index in [2.05, 4.69) is 4.98 Å². The first kappa shape index (κ1) is 27.2. The van der Waals surface area contributed by atoms with Crippen LogP contribution in [-0.2, 0) is 11.3 Å². The molecule has 2 N–H and O–H groups in total. The molecular weight excluding hydrogens is 542 g/mol. The number of aryl methyl sites for hydroxylation is 1. The summed E-state index contributed by atoms with van der Waals surface area (Å²) in [4.78, 5) is 47.6. The van der Waals surface area contributed by atoms with E-state index in [4.69, 9.17) is 0 Å². The molecule has 6 rings (SSSR count). The Morgan fingerprint density at radius 1 is 1.05 bits per heavy atom. The summed E-state index contributed by atoms with van der Waals surface area (Å²) in [7, 11) is 0. The molecule has 4 aromatic rings. The molecule has 3 aromatic heterocycles. The van der Waals surface area contributed by atoms with Crippen LogP contribution in [0.2, 0.25) is 0 Å². The number of hydrogen-bond acceptors (Lipinski definition) is 6. The van der Waals surface area contributed by atoms with Gasteiger partial charge in [-0.2, -0.15) is 0 Å². The van der Waals surface area contributed by atoms with Crippen molar-refractivity contribution in [3.8, 4) is 5.00 Å². The van der Waals surface area contributed by atoms with Gasteiger partial charge in [0.15, 0.2) is 5.65 Å². The van der Waals surface area contributed by atoms with Crippen molar-refractivity contribution in [2.75, 3.05) is 26.2 Å². The van der Waals surface area contributed by atoms with Crippen LogP contribution in [0.3, 0.4) is 0 Å². The van der Waals surface area contributed by atoms with Crippen LogP contribution in [-0.4, -0.2) is 77.9 Å². The molecule has 2 atom stereocenters. The van der Waals surface area contributed by atoms with Crippen LogP contribution in [0.1, 0.15) is 35.6 Å². The van der Waals surface area contributed by atoms with Gasteiger partial charge in [-0.25, -0.2) is 9.78 Å². The minimum atomic E-state index is -1.14. The zero-order chi connectivity index (χ0) is 28.7. The number of aliphatic hydroxyl groups is 1. The molecule has 214 valence electrons. The highest BCUT2D eigenvalue weighted by molar-refractivity contribution is 7.14. The van der Waals surface area contributed by atoms with E-state index in [9.17, 15) is 24.6 Å². The van der Waals surface area contributed by atoms with E-state index >= 15 is 0 Å². The lowest BCUT2D eigenvalue weighted by atomic mass is 9.79. The van der Waals surface area contributed by atoms with Crippen molar-refractivity contribution in [1.29, 1.82) is 0 Å². The number of fused-ring (bicyclic) bond motifs is 1. The minimum Gasteiger partial charge on any atom is -0.465 e. The molecule has 5 heterocycles. The van der Waals surface area contributed by atoms with Crippen LogP contribution < -0.4 is 5.56 Å². The maximum absolute atomic E-state index is 13.7. The van der Waals surface area contributed by atoms with Gasteiger partial charge in [-0.15, -0.1) is 11.3 Å². The fourth-order valence-electron chi connectivity index (χ4n) is 6.21. The van der Waals surface area contributed by atoms with Gasteiger partial charge >= 0.3 is 6.09 Å². The molecule has 0 spiro atoms. The zero-order valence-electron chi connectivity index (χ0n) is 22.8. The second-order valence-electron chi connectivity index (χ2n) is 11.2. The van der Waals surface area contributed by atoms with Gasteiger partial charge < -0.3 is 20.0 Å². The number of likely N-dealkylation sites (tertiary alicyclic amines) is 2. The molecule has 2 fully saturated rings. The summed E-state index contributed by atoms with van der Waals surface area (Å²) in [6, 6.07) is 15.4. The first-order valence-electron chi connectivity index (χ1n) is 13.9. The van der Waals surface area contributed by atoms with E-state index in [1.165, 1.54) is 20.7 Å². The van der Waals surface area contributed by atoms with Crippen molar-refractivity contribution in [2.24, 2.45) is 5.92 Å². The summed E-state index contributed by atoms with van der Waals surface area (Å²) < 4.78 is 3.37. The number of piperidine rings is 2. The summed E-state index contributed by atoms with van der Waals surface area (Å²) in [5.74, 6) is -0.558. The summed E-state index contributed by atoms with van der Waals surface area (Å²) in [5.41, 5.74) is 0.192. The quantitative estimate of drug-likeness (QED) is 0.375. The summed E-state index contributed by atoms with van der Waals surface area (Å²) in [6.45, 7) is 3.47. The van der Waals surface area contributed by atoms with E-state index in [1.54, 1.807) is 22.3 Å². The van der Waals surface area contributed by atoms with E-state index < -0.39 is 11.7 Å². The van der Waals surface area contributed by atoms with Gasteiger partial charge in [0, 0.05) is 49.1 Å². The highest BCUT2D eigenvalue weighted by atomic mass is 32.1. The zero-order valence-corrected chi connectivity index (χ0v) is 23.7. The largest absolute Gasteiger partial charge is 0.465 e. The SMILES string of the molecule is Cc1ccc(-n2ccc3c(=O)n(CC4(O)CCN(C(=O)[C@@H]5CCN(C(=O)O)C[C@H]5c5ccccc5)CC4)cnc32)s1. The molecule has 11 heteroatoms. The third-order valence-corrected chi connectivity index (χ3v) is 9.53. The second-order valence-corrected chi connectivity index (χ2v) is 12.4. The molecule has 0 unspecified atom stereocenters. The highest BCUT2D eigenvalue weighted by Gasteiger charge is 2.41. The van der Waals surface area contributed by atoms with Crippen molar-refractivity contribution in [3.63, 3.8) is 0 Å². The Morgan fingerprint density at radius 3 is 2.49 bits per heavy atom. The molecule has 1 aromatic carbocycles. The van der Waals surface area contributed by atoms with Crippen LogP contribution >= 0.6 is 11.3 Å². The minimum absolute atomic E-state index is 0.00338. The Kier molecular flexibility index (Phi) is 7.16. The van der Waals surface area contributed by atoms with Crippen LogP contribution in [0, 0.1) is 12.8 Å². The number of carbonyl (C=O) groups excluding carboxylic acids is 1. The third-order valence-electron chi connectivity index (χ3n) is 8.53. The summed E-state index contributed by atoms with van der Waals surface area (Å²) in [6.07, 6.45) is 3.50. The van der Waals surface area contributed by atoms with Crippen molar-refractivity contribution in [3.05, 3.63) is 81.8 Å². The average molecular weight is 576 g/mol. The number of aromatic nitrogens is 3. The predicted octanol–water partition coefficient (Wildman–Crippen LogP) is 3.69. The normalized spacial score (nSPS) is 20.8. The number of thiophene rings is 1. The topological polar surface area (TPSA) is 121 Å². The van der Waals surface area contributed by atoms with Gasteiger partial charge in [0.1, 0.15) is 11.3 Å². The lowest BCUT2D eigenvalue weighted by Gasteiger charge is -2.42. The van der Waals surface area contributed by atoms with Crippen LogP contribution in [0.5, 0.6) is 0 Å². The number of amides is 2. The molecule has 0 bridgehead atoms. The first-order valence-corrected chi connectivity index (χ1v) is 14.7. The molecule has 0 aliphatic carbocycles. The molecule has 0 radical (unpaired) electrons. The van der Waals surface area contributed by atoms with Gasteiger partial charge in [0.05, 0.1) is 17.5 Å². The smallest absolute Gasteiger partial charge is 0.407 e. The van der Waals surface area contributed by atoms with Crippen molar-refractivity contribution >= 4 is 34.4 Å². The van der Waals surface area contributed by atoms with Gasteiger partial charge in [0.2, 0.25) is 5.91 Å². The number of rotatable bonds is 5. The fraction of sp³-hybridized carbons (Fsp3) is 0.400. The molecule has 2 amide bonds. The highest BCUT2D eigenvalue weighted by Crippen LogP contribution is 2.35. The van der Waals surface area contributed by atoms with E-state index in [0.717, 1.165) is 10.6 Å². The average Bonchev–Trinajstić information content (AvgIpc) is 3.61. The van der Waals surface area contributed by atoms with Crippen LogP contribution in [0.4, 0.5) is 4.79 Å². The van der Waals surface area contributed by atoms with Crippen LogP contribution in [0.25, 0.3) is 16.0 Å². The molecule has 2 aliphatic heterocycles. The summed E-state index contributed by atoms with van der Waals surface area (Å²) in [5, 5.41) is 22.5. The maximum atomic E-state index is 13.7. The van der Waals surface area contributed by atoms with Gasteiger partial charge in [-0.1, -0.05) is 30.3 Å². The Labute approximate surface area is 241 Å².